The molecule has 2 aromatic rings. The first kappa shape index (κ1) is 20.0. The molecule has 6 rings (SSSR count). The van der Waals surface area contributed by atoms with Gasteiger partial charge in [0.1, 0.15) is 11.6 Å². The normalized spacial score (nSPS) is 29.9. The van der Waals surface area contributed by atoms with Crippen LogP contribution in [0.25, 0.3) is 11.1 Å². The second-order valence-electron chi connectivity index (χ2n) is 10.3. The summed E-state index contributed by atoms with van der Waals surface area (Å²) in [5.41, 5.74) is 4.98. The van der Waals surface area contributed by atoms with Crippen molar-refractivity contribution in [3.05, 3.63) is 48.5 Å². The average molecular weight is 429 g/mol. The summed E-state index contributed by atoms with van der Waals surface area (Å²) < 4.78 is 0. The van der Waals surface area contributed by atoms with Crippen LogP contribution in [-0.2, 0) is 9.59 Å². The van der Waals surface area contributed by atoms with E-state index in [0.29, 0.717) is 61.4 Å². The van der Waals surface area contributed by atoms with Gasteiger partial charge in [-0.3, -0.25) is 9.59 Å². The largest absolute Gasteiger partial charge is 0.365 e. The fraction of sp³-hybridized carbons (Fsp3) is 0.500. The molecule has 4 bridgehead atoms. The van der Waals surface area contributed by atoms with Gasteiger partial charge in [0.05, 0.1) is 0 Å². The van der Waals surface area contributed by atoms with Gasteiger partial charge in [-0.15, -0.1) is 0 Å². The highest BCUT2D eigenvalue weighted by Gasteiger charge is 2.38. The van der Waals surface area contributed by atoms with Crippen molar-refractivity contribution in [2.75, 3.05) is 9.80 Å². The van der Waals surface area contributed by atoms with Crippen LogP contribution in [0.3, 0.4) is 0 Å². The molecule has 4 aliphatic rings. The van der Waals surface area contributed by atoms with Crippen molar-refractivity contribution in [3.63, 3.8) is 0 Å². The van der Waals surface area contributed by atoms with E-state index in [1.165, 1.54) is 35.3 Å². The van der Waals surface area contributed by atoms with E-state index in [1.54, 1.807) is 0 Å². The molecule has 166 valence electrons. The summed E-state index contributed by atoms with van der Waals surface area (Å²) in [5.74, 6) is 0.879. The number of anilines is 2. The predicted octanol–water partition coefficient (Wildman–Crippen LogP) is 5.53. The first-order chi connectivity index (χ1) is 15.7. The number of ketones is 2. The van der Waals surface area contributed by atoms with Crippen LogP contribution in [0.2, 0.25) is 0 Å². The lowest BCUT2D eigenvalue weighted by molar-refractivity contribution is -0.122. The molecular weight excluding hydrogens is 396 g/mol. The monoisotopic (exact) mass is 428 g/mol. The van der Waals surface area contributed by atoms with E-state index in [4.69, 9.17) is 0 Å². The predicted molar refractivity (Wildman–Crippen MR) is 128 cm³/mol. The number of Topliss-reactive ketones (excluding diaryl/α,β-unsaturated/α-hetero) is 2. The van der Waals surface area contributed by atoms with Crippen molar-refractivity contribution in [1.82, 2.24) is 0 Å². The van der Waals surface area contributed by atoms with Crippen molar-refractivity contribution < 1.29 is 9.59 Å². The Hall–Kier alpha value is -2.62. The van der Waals surface area contributed by atoms with Crippen LogP contribution in [0, 0.1) is 0 Å². The molecule has 4 heteroatoms. The van der Waals surface area contributed by atoms with Crippen LogP contribution in [0.15, 0.2) is 48.5 Å². The maximum Gasteiger partial charge on any atom is 0.137 e. The number of carbonyl (C=O) groups is 2. The lowest BCUT2D eigenvalue weighted by Gasteiger charge is -2.47. The second-order valence-corrected chi connectivity index (χ2v) is 10.3. The summed E-state index contributed by atoms with van der Waals surface area (Å²) >= 11 is 0. The van der Waals surface area contributed by atoms with E-state index in [2.05, 4.69) is 58.3 Å². The molecule has 0 N–H and O–H groups in total. The first-order valence-corrected chi connectivity index (χ1v) is 12.5. The first-order valence-electron chi connectivity index (χ1n) is 12.5. The van der Waals surface area contributed by atoms with Crippen molar-refractivity contribution in [1.29, 1.82) is 0 Å². The van der Waals surface area contributed by atoms with Crippen LogP contribution in [-0.4, -0.2) is 35.7 Å². The van der Waals surface area contributed by atoms with Crippen LogP contribution >= 0.6 is 0 Å². The molecule has 0 aromatic heterocycles. The quantitative estimate of drug-likeness (QED) is 0.644. The molecule has 0 saturated carbocycles. The number of fused-ring (bicyclic) bond motifs is 4. The van der Waals surface area contributed by atoms with Gasteiger partial charge >= 0.3 is 0 Å². The van der Waals surface area contributed by atoms with Gasteiger partial charge < -0.3 is 9.80 Å². The molecule has 4 fully saturated rings. The van der Waals surface area contributed by atoms with Crippen LogP contribution in [0.4, 0.5) is 11.4 Å². The molecule has 0 aliphatic carbocycles. The minimum atomic E-state index is 0.385. The molecule has 4 aliphatic heterocycles. The van der Waals surface area contributed by atoms with Gasteiger partial charge in [-0.1, -0.05) is 24.3 Å². The molecule has 4 saturated heterocycles. The van der Waals surface area contributed by atoms with Gasteiger partial charge in [-0.05, 0) is 73.9 Å². The molecule has 4 nitrogen and oxygen atoms in total. The fourth-order valence-electron chi connectivity index (χ4n) is 6.85. The minimum absolute atomic E-state index is 0.385. The Kier molecular flexibility index (Phi) is 5.04. The van der Waals surface area contributed by atoms with Crippen LogP contribution < -0.4 is 9.80 Å². The third-order valence-electron chi connectivity index (χ3n) is 8.24. The lowest BCUT2D eigenvalue weighted by atomic mass is 9.83. The van der Waals surface area contributed by atoms with E-state index >= 15 is 0 Å². The van der Waals surface area contributed by atoms with Gasteiger partial charge in [-0.25, -0.2) is 0 Å². The number of benzene rings is 2. The third-order valence-corrected chi connectivity index (χ3v) is 8.24. The Labute approximate surface area is 190 Å². The maximum atomic E-state index is 12.1. The van der Waals surface area contributed by atoms with E-state index < -0.39 is 0 Å². The summed E-state index contributed by atoms with van der Waals surface area (Å²) in [6.45, 7) is 0. The Bertz CT molecular complexity index is 897. The zero-order valence-corrected chi connectivity index (χ0v) is 18.7. The molecule has 32 heavy (non-hydrogen) atoms. The number of rotatable bonds is 3. The van der Waals surface area contributed by atoms with Crippen molar-refractivity contribution in [2.45, 2.75) is 88.4 Å². The summed E-state index contributed by atoms with van der Waals surface area (Å²) in [4.78, 5) is 29.2. The van der Waals surface area contributed by atoms with Gasteiger partial charge in [0, 0.05) is 61.2 Å². The van der Waals surface area contributed by atoms with Crippen LogP contribution in [0.1, 0.15) is 64.2 Å². The second kappa shape index (κ2) is 8.06. The molecule has 0 amide bonds. The summed E-state index contributed by atoms with van der Waals surface area (Å²) in [6, 6.07) is 19.4. The number of hydrogen-bond donors (Lipinski definition) is 0. The maximum absolute atomic E-state index is 12.1. The molecule has 0 spiro atoms. The van der Waals surface area contributed by atoms with E-state index in [0.717, 1.165) is 25.7 Å². The van der Waals surface area contributed by atoms with E-state index in [-0.39, 0.29) is 0 Å². The average Bonchev–Trinajstić information content (AvgIpc) is 2.78. The highest BCUT2D eigenvalue weighted by Crippen LogP contribution is 2.39. The summed E-state index contributed by atoms with van der Waals surface area (Å²) in [6.07, 6.45) is 9.88. The molecule has 0 unspecified atom stereocenters. The number of piperidine rings is 4. The molecule has 4 heterocycles. The molecular formula is C28H32N2O2. The Morgan fingerprint density at radius 1 is 0.500 bits per heavy atom. The zero-order chi connectivity index (χ0) is 21.7. The number of nitrogens with zero attached hydrogens (tertiary/aromatic N) is 2. The standard InChI is InChI=1S/C28H32N2O2/c31-27-15-23-3-1-4-24(16-27)29(23)21-11-7-19(8-12-21)20-9-13-22(14-10-20)30-25-5-2-6-26(30)18-28(32)17-25/h7-14,23-26H,1-6,15-18H2/t23-,24+,25-,26+. The van der Waals surface area contributed by atoms with Crippen molar-refractivity contribution >= 4 is 22.9 Å². The van der Waals surface area contributed by atoms with Crippen molar-refractivity contribution in [2.24, 2.45) is 0 Å². The minimum Gasteiger partial charge on any atom is -0.365 e. The van der Waals surface area contributed by atoms with Crippen LogP contribution in [0.5, 0.6) is 0 Å². The SMILES string of the molecule is O=C1C[C@H]2CCC[C@@H](C1)N2c1ccc(-c2ccc(N3[C@@H]4CCC[C@H]3CC(=O)C4)cc2)cc1. The van der Waals surface area contributed by atoms with Gasteiger partial charge in [0.2, 0.25) is 0 Å². The lowest BCUT2D eigenvalue weighted by Crippen LogP contribution is -2.52. The van der Waals surface area contributed by atoms with Gasteiger partial charge in [0.15, 0.2) is 0 Å². The zero-order valence-electron chi connectivity index (χ0n) is 18.7. The van der Waals surface area contributed by atoms with Gasteiger partial charge in [-0.2, -0.15) is 0 Å². The van der Waals surface area contributed by atoms with Crippen molar-refractivity contribution in [3.8, 4) is 11.1 Å². The Morgan fingerprint density at radius 3 is 1.12 bits per heavy atom. The Morgan fingerprint density at radius 2 is 0.812 bits per heavy atom. The van der Waals surface area contributed by atoms with Gasteiger partial charge in [0.25, 0.3) is 0 Å². The highest BCUT2D eigenvalue weighted by atomic mass is 16.1. The highest BCUT2D eigenvalue weighted by molar-refractivity contribution is 5.83. The summed E-state index contributed by atoms with van der Waals surface area (Å²) in [5, 5.41) is 0. The van der Waals surface area contributed by atoms with E-state index in [9.17, 15) is 9.59 Å². The fourth-order valence-corrected chi connectivity index (χ4v) is 6.85. The number of carbonyl (C=O) groups excluding carboxylic acids is 2. The summed E-state index contributed by atoms with van der Waals surface area (Å²) in [7, 11) is 0. The van der Waals surface area contributed by atoms with E-state index in [1.807, 2.05) is 0 Å². The third kappa shape index (κ3) is 3.54. The Balaban J connectivity index is 1.21. The topological polar surface area (TPSA) is 40.6 Å². The molecule has 2 aromatic carbocycles. The molecule has 0 radical (unpaired) electrons. The molecule has 4 atom stereocenters. The smallest absolute Gasteiger partial charge is 0.137 e. The number of hydrogen-bond acceptors (Lipinski definition) is 4.